The van der Waals surface area contributed by atoms with Gasteiger partial charge in [-0.25, -0.2) is 18.4 Å². The quantitative estimate of drug-likeness (QED) is 0.738. The Morgan fingerprint density at radius 3 is 2.77 bits per heavy atom. The molecular weight excluding hydrogens is 358 g/mol. The topological polar surface area (TPSA) is 59.8 Å². The van der Waals surface area contributed by atoms with E-state index >= 15 is 0 Å². The second-order valence-corrected chi connectivity index (χ2v) is 7.22. The van der Waals surface area contributed by atoms with Crippen LogP contribution in [-0.2, 0) is 0 Å². The lowest BCUT2D eigenvalue weighted by atomic mass is 10.2. The molecule has 8 heteroatoms. The van der Waals surface area contributed by atoms with Crippen LogP contribution in [0, 0.1) is 25.5 Å². The van der Waals surface area contributed by atoms with Gasteiger partial charge >= 0.3 is 0 Å². The lowest BCUT2D eigenvalue weighted by Gasteiger charge is -2.07. The number of thiazole rings is 1. The van der Waals surface area contributed by atoms with Crippen molar-refractivity contribution in [1.29, 1.82) is 0 Å². The number of carbonyl (C=O) groups excluding carboxylic acids is 1. The summed E-state index contributed by atoms with van der Waals surface area (Å²) in [7, 11) is 0. The molecule has 2 aromatic heterocycles. The van der Waals surface area contributed by atoms with Gasteiger partial charge in [-0.15, -0.1) is 11.3 Å². The molecule has 0 aliphatic heterocycles. The highest BCUT2D eigenvalue weighted by atomic mass is 32.1. The molecule has 0 bridgehead atoms. The van der Waals surface area contributed by atoms with Crippen LogP contribution in [0.1, 0.15) is 46.2 Å². The third-order valence-corrected chi connectivity index (χ3v) is 5.17. The van der Waals surface area contributed by atoms with Crippen LogP contribution >= 0.6 is 11.3 Å². The summed E-state index contributed by atoms with van der Waals surface area (Å²) in [5.41, 5.74) is 2.41. The summed E-state index contributed by atoms with van der Waals surface area (Å²) in [6, 6.07) is 3.25. The molecule has 134 valence electrons. The van der Waals surface area contributed by atoms with E-state index in [0.717, 1.165) is 30.7 Å². The zero-order valence-electron chi connectivity index (χ0n) is 14.2. The number of nitrogens with zero attached hydrogens (tertiary/aromatic N) is 3. The van der Waals surface area contributed by atoms with Gasteiger partial charge in [-0.2, -0.15) is 5.10 Å². The van der Waals surface area contributed by atoms with Crippen LogP contribution in [0.4, 0.5) is 13.9 Å². The molecule has 1 aliphatic carbocycles. The minimum Gasteiger partial charge on any atom is -0.298 e. The molecule has 1 aliphatic rings. The van der Waals surface area contributed by atoms with Crippen LogP contribution < -0.4 is 5.32 Å². The summed E-state index contributed by atoms with van der Waals surface area (Å²) in [5.74, 6) is -1.23. The number of rotatable bonds is 4. The van der Waals surface area contributed by atoms with Crippen molar-refractivity contribution in [2.45, 2.75) is 32.6 Å². The molecule has 0 spiro atoms. The SMILES string of the molecule is Cc1nn(-c2ccc(F)cc2F)c(C)c1C(=O)Nc1nc(C2CC2)cs1. The van der Waals surface area contributed by atoms with Gasteiger partial charge < -0.3 is 0 Å². The Balaban J connectivity index is 1.63. The largest absolute Gasteiger partial charge is 0.298 e. The van der Waals surface area contributed by atoms with E-state index in [1.807, 2.05) is 5.38 Å². The highest BCUT2D eigenvalue weighted by Gasteiger charge is 2.27. The second kappa shape index (κ2) is 6.28. The van der Waals surface area contributed by atoms with Gasteiger partial charge in [0.25, 0.3) is 5.91 Å². The minimum atomic E-state index is -0.739. The monoisotopic (exact) mass is 374 g/mol. The Hall–Kier alpha value is -2.61. The normalized spacial score (nSPS) is 13.8. The molecule has 1 aromatic carbocycles. The second-order valence-electron chi connectivity index (χ2n) is 6.36. The van der Waals surface area contributed by atoms with Gasteiger partial charge in [0.2, 0.25) is 0 Å². The Bertz CT molecular complexity index is 1010. The average molecular weight is 374 g/mol. The number of aromatic nitrogens is 3. The smallest absolute Gasteiger partial charge is 0.261 e. The minimum absolute atomic E-state index is 0.0938. The van der Waals surface area contributed by atoms with Crippen LogP contribution in [0.5, 0.6) is 0 Å². The predicted molar refractivity (Wildman–Crippen MR) is 95.0 cm³/mol. The van der Waals surface area contributed by atoms with E-state index in [-0.39, 0.29) is 11.6 Å². The summed E-state index contributed by atoms with van der Waals surface area (Å²) in [5, 5.41) is 9.55. The van der Waals surface area contributed by atoms with Crippen LogP contribution in [0.2, 0.25) is 0 Å². The number of anilines is 1. The summed E-state index contributed by atoms with van der Waals surface area (Å²) in [4.78, 5) is 17.1. The number of halogens is 2. The number of benzene rings is 1. The van der Waals surface area contributed by atoms with E-state index < -0.39 is 11.6 Å². The molecule has 0 atom stereocenters. The number of hydrogen-bond acceptors (Lipinski definition) is 4. The van der Waals surface area contributed by atoms with Crippen molar-refractivity contribution in [3.8, 4) is 5.69 Å². The Kier molecular flexibility index (Phi) is 4.07. The van der Waals surface area contributed by atoms with E-state index in [4.69, 9.17) is 0 Å². The van der Waals surface area contributed by atoms with Gasteiger partial charge in [-0.1, -0.05) is 0 Å². The molecule has 26 heavy (non-hydrogen) atoms. The molecule has 4 rings (SSSR count). The number of nitrogens with one attached hydrogen (secondary N) is 1. The van der Waals surface area contributed by atoms with E-state index in [0.29, 0.717) is 28.0 Å². The first-order chi connectivity index (χ1) is 12.4. The fourth-order valence-corrected chi connectivity index (χ4v) is 3.72. The van der Waals surface area contributed by atoms with Gasteiger partial charge in [0.15, 0.2) is 10.9 Å². The Labute approximate surface area is 152 Å². The lowest BCUT2D eigenvalue weighted by molar-refractivity contribution is 0.102. The highest BCUT2D eigenvalue weighted by molar-refractivity contribution is 7.14. The zero-order chi connectivity index (χ0) is 18.4. The molecule has 1 N–H and O–H groups in total. The molecule has 3 aromatic rings. The van der Waals surface area contributed by atoms with Crippen molar-refractivity contribution in [2.75, 3.05) is 5.32 Å². The number of aryl methyl sites for hydroxylation is 1. The van der Waals surface area contributed by atoms with Crippen molar-refractivity contribution in [3.05, 3.63) is 57.9 Å². The van der Waals surface area contributed by atoms with Gasteiger partial charge in [0, 0.05) is 17.4 Å². The summed E-state index contributed by atoms with van der Waals surface area (Å²) in [6.45, 7) is 3.35. The standard InChI is InChI=1S/C18H16F2N4OS/c1-9-16(17(25)22-18-21-14(8-26-18)11-3-4-11)10(2)24(23-9)15-6-5-12(19)7-13(15)20/h5-8,11H,3-4H2,1-2H3,(H,21,22,25). The first kappa shape index (κ1) is 16.8. The molecule has 0 unspecified atom stereocenters. The van der Waals surface area contributed by atoms with E-state index in [1.165, 1.54) is 22.1 Å². The molecule has 5 nitrogen and oxygen atoms in total. The molecule has 0 radical (unpaired) electrons. The van der Waals surface area contributed by atoms with E-state index in [9.17, 15) is 13.6 Å². The number of carbonyl (C=O) groups is 1. The van der Waals surface area contributed by atoms with Crippen LogP contribution in [0.3, 0.4) is 0 Å². The van der Waals surface area contributed by atoms with Crippen molar-refractivity contribution in [1.82, 2.24) is 14.8 Å². The van der Waals surface area contributed by atoms with E-state index in [2.05, 4.69) is 15.4 Å². The van der Waals surface area contributed by atoms with Gasteiger partial charge in [0.05, 0.1) is 22.6 Å². The molecule has 1 saturated carbocycles. The third kappa shape index (κ3) is 3.01. The lowest BCUT2D eigenvalue weighted by Crippen LogP contribution is -2.14. The zero-order valence-corrected chi connectivity index (χ0v) is 15.0. The number of amides is 1. The average Bonchev–Trinajstić information content (AvgIpc) is 3.26. The molecule has 1 fully saturated rings. The predicted octanol–water partition coefficient (Wildman–Crippen LogP) is 4.35. The van der Waals surface area contributed by atoms with Gasteiger partial charge in [0.1, 0.15) is 11.5 Å². The highest BCUT2D eigenvalue weighted by Crippen LogP contribution is 2.41. The summed E-state index contributed by atoms with van der Waals surface area (Å²) < 4.78 is 28.5. The maximum absolute atomic E-state index is 14.1. The Morgan fingerprint density at radius 2 is 2.08 bits per heavy atom. The van der Waals surface area contributed by atoms with Crippen LogP contribution in [0.25, 0.3) is 5.69 Å². The molecule has 1 amide bonds. The molecular formula is C18H16F2N4OS. The van der Waals surface area contributed by atoms with E-state index in [1.54, 1.807) is 13.8 Å². The first-order valence-electron chi connectivity index (χ1n) is 8.22. The van der Waals surface area contributed by atoms with Crippen molar-refractivity contribution >= 4 is 22.4 Å². The fraction of sp³-hybridized carbons (Fsp3) is 0.278. The van der Waals surface area contributed by atoms with Crippen LogP contribution in [0.15, 0.2) is 23.6 Å². The third-order valence-electron chi connectivity index (χ3n) is 4.39. The molecule has 2 heterocycles. The number of hydrogen-bond donors (Lipinski definition) is 1. The van der Waals surface area contributed by atoms with Crippen molar-refractivity contribution < 1.29 is 13.6 Å². The summed E-state index contributed by atoms with van der Waals surface area (Å²) >= 11 is 1.39. The maximum atomic E-state index is 14.1. The molecule has 0 saturated heterocycles. The first-order valence-corrected chi connectivity index (χ1v) is 9.10. The van der Waals surface area contributed by atoms with Crippen molar-refractivity contribution in [3.63, 3.8) is 0 Å². The van der Waals surface area contributed by atoms with Crippen molar-refractivity contribution in [2.24, 2.45) is 0 Å². The fourth-order valence-electron chi connectivity index (χ4n) is 2.93. The maximum Gasteiger partial charge on any atom is 0.261 e. The summed E-state index contributed by atoms with van der Waals surface area (Å²) in [6.07, 6.45) is 2.29. The Morgan fingerprint density at radius 1 is 1.31 bits per heavy atom. The van der Waals surface area contributed by atoms with Gasteiger partial charge in [-0.05, 0) is 38.8 Å². The van der Waals surface area contributed by atoms with Crippen LogP contribution in [-0.4, -0.2) is 20.7 Å². The van der Waals surface area contributed by atoms with Gasteiger partial charge in [-0.3, -0.25) is 10.1 Å².